The van der Waals surface area contributed by atoms with Crippen molar-refractivity contribution in [2.24, 2.45) is 0 Å². The Hall–Kier alpha value is -2.98. The van der Waals surface area contributed by atoms with Crippen LogP contribution in [0.2, 0.25) is 10.0 Å². The molecule has 2 aromatic heterocycles. The minimum Gasteiger partial charge on any atom is -0.379 e. The Labute approximate surface area is 256 Å². The molecule has 0 aliphatic carbocycles. The second kappa shape index (κ2) is 12.3. The van der Waals surface area contributed by atoms with Crippen molar-refractivity contribution in [3.63, 3.8) is 0 Å². The number of ether oxygens (including phenoxy) is 2. The molecule has 2 saturated heterocycles. The quantitative estimate of drug-likeness (QED) is 0.235. The lowest BCUT2D eigenvalue weighted by Crippen LogP contribution is -2.51. The first-order chi connectivity index (χ1) is 20.3. The number of hydrogen-bond donors (Lipinski definition) is 0. The third kappa shape index (κ3) is 5.80. The zero-order valence-electron chi connectivity index (χ0n) is 24.3. The molecule has 0 amide bonds. The first-order valence-corrected chi connectivity index (χ1v) is 14.8. The van der Waals surface area contributed by atoms with Crippen LogP contribution in [0.1, 0.15) is 22.8 Å². The molecule has 2 aliphatic rings. The Balaban J connectivity index is 1.24. The Kier molecular flexibility index (Phi) is 8.54. The molecule has 0 bridgehead atoms. The lowest BCUT2D eigenvalue weighted by molar-refractivity contribution is -0.0341. The number of likely N-dealkylation sites (tertiary alicyclic amines) is 2. The van der Waals surface area contributed by atoms with Gasteiger partial charge in [0.15, 0.2) is 0 Å². The smallest absolute Gasteiger partial charge is 0.0903 e. The minimum atomic E-state index is 0.305. The molecule has 4 aromatic rings. The Morgan fingerprint density at radius 1 is 0.667 bits per heavy atom. The second-order valence-corrected chi connectivity index (χ2v) is 11.8. The van der Waals surface area contributed by atoms with E-state index in [1.807, 2.05) is 50.2 Å². The fourth-order valence-corrected chi connectivity index (χ4v) is 6.13. The van der Waals surface area contributed by atoms with Gasteiger partial charge in [0.05, 0.1) is 68.8 Å². The van der Waals surface area contributed by atoms with Crippen LogP contribution in [0.5, 0.6) is 0 Å². The lowest BCUT2D eigenvalue weighted by Gasteiger charge is -2.37. The summed E-state index contributed by atoms with van der Waals surface area (Å²) >= 11 is 14.1. The van der Waals surface area contributed by atoms with E-state index in [2.05, 4.69) is 9.80 Å². The summed E-state index contributed by atoms with van der Waals surface area (Å²) in [6.07, 6.45) is 4.21. The zero-order valence-corrected chi connectivity index (χ0v) is 25.8. The average molecular weight is 606 g/mol. The molecule has 0 atom stereocenters. The largest absolute Gasteiger partial charge is 0.379 e. The lowest BCUT2D eigenvalue weighted by atomic mass is 9.98. The monoisotopic (exact) mass is 604 g/mol. The van der Waals surface area contributed by atoms with Crippen molar-refractivity contribution in [3.8, 4) is 33.6 Å². The molecule has 10 heteroatoms. The van der Waals surface area contributed by atoms with Gasteiger partial charge in [-0.15, -0.1) is 0 Å². The highest BCUT2D eigenvalue weighted by molar-refractivity contribution is 6.39. The van der Waals surface area contributed by atoms with Crippen LogP contribution in [0, 0.1) is 13.8 Å². The van der Waals surface area contributed by atoms with Crippen LogP contribution in [0.15, 0.2) is 48.8 Å². The molecular formula is C32H34Cl2N6O2. The predicted octanol–water partition coefficient (Wildman–Crippen LogP) is 5.85. The van der Waals surface area contributed by atoms with Gasteiger partial charge in [-0.05, 0) is 13.8 Å². The molecule has 0 N–H and O–H groups in total. The highest BCUT2D eigenvalue weighted by Gasteiger charge is 2.28. The standard InChI is InChI=1S/C32H34Cl2N6O2/c1-19-29(17-39-13-21(14-39)41-3)35-11-27(37-19)25-9-5-7-23(31(25)33)24-8-6-10-26(32(24)34)28-12-36-30(20(2)38-28)18-40-15-22(16-40)42-4/h5-12,21-22H,13-18H2,1-4H3. The molecule has 0 saturated carbocycles. The maximum Gasteiger partial charge on any atom is 0.0903 e. The van der Waals surface area contributed by atoms with Crippen LogP contribution in [0.4, 0.5) is 0 Å². The van der Waals surface area contributed by atoms with Crippen LogP contribution >= 0.6 is 23.2 Å². The number of aryl methyl sites for hydroxylation is 2. The van der Waals surface area contributed by atoms with E-state index in [0.29, 0.717) is 22.3 Å². The molecule has 2 aromatic carbocycles. The summed E-state index contributed by atoms with van der Waals surface area (Å²) < 4.78 is 10.8. The Morgan fingerprint density at radius 3 is 1.40 bits per heavy atom. The van der Waals surface area contributed by atoms with Gasteiger partial charge in [0, 0.05) is 75.7 Å². The summed E-state index contributed by atoms with van der Waals surface area (Å²) in [6, 6.07) is 11.8. The van der Waals surface area contributed by atoms with Crippen LogP contribution in [-0.2, 0) is 22.6 Å². The summed E-state index contributed by atoms with van der Waals surface area (Å²) in [4.78, 5) is 23.8. The SMILES string of the molecule is COC1CN(Cc2ncc(-c3cccc(-c4cccc(-c5cnc(CN6CC(OC)C6)c(C)n5)c4Cl)c3Cl)nc2C)C1. The number of nitrogens with zero attached hydrogens (tertiary/aromatic N) is 6. The van der Waals surface area contributed by atoms with Gasteiger partial charge in [-0.25, -0.2) is 9.97 Å². The fourth-order valence-electron chi connectivity index (χ4n) is 5.48. The third-order valence-electron chi connectivity index (χ3n) is 8.20. The number of aromatic nitrogens is 4. The normalized spacial score (nSPS) is 16.4. The van der Waals surface area contributed by atoms with E-state index in [1.54, 1.807) is 26.6 Å². The highest BCUT2D eigenvalue weighted by Crippen LogP contribution is 2.41. The first kappa shape index (κ1) is 29.1. The zero-order chi connectivity index (χ0) is 29.4. The third-order valence-corrected chi connectivity index (χ3v) is 9.01. The van der Waals surface area contributed by atoms with Gasteiger partial charge < -0.3 is 9.47 Å². The van der Waals surface area contributed by atoms with Crippen molar-refractivity contribution in [2.75, 3.05) is 40.4 Å². The van der Waals surface area contributed by atoms with E-state index in [4.69, 9.17) is 52.6 Å². The van der Waals surface area contributed by atoms with Crippen LogP contribution in [0.25, 0.3) is 33.6 Å². The van der Waals surface area contributed by atoms with E-state index in [-0.39, 0.29) is 0 Å². The summed E-state index contributed by atoms with van der Waals surface area (Å²) in [5, 5.41) is 1.15. The van der Waals surface area contributed by atoms with E-state index < -0.39 is 0 Å². The maximum absolute atomic E-state index is 7.03. The molecule has 42 heavy (non-hydrogen) atoms. The topological polar surface area (TPSA) is 76.5 Å². The molecule has 0 spiro atoms. The predicted molar refractivity (Wildman–Crippen MR) is 166 cm³/mol. The second-order valence-electron chi connectivity index (χ2n) is 11.0. The fraction of sp³-hybridized carbons (Fsp3) is 0.375. The number of benzene rings is 2. The number of rotatable bonds is 9. The summed E-state index contributed by atoms with van der Waals surface area (Å²) in [5.41, 5.74) is 8.41. The molecule has 218 valence electrons. The average Bonchev–Trinajstić information content (AvgIpc) is 2.94. The Bertz CT molecular complexity index is 1490. The van der Waals surface area contributed by atoms with Gasteiger partial charge in [-0.3, -0.25) is 19.8 Å². The van der Waals surface area contributed by atoms with Gasteiger partial charge in [0.2, 0.25) is 0 Å². The molecule has 8 nitrogen and oxygen atoms in total. The van der Waals surface area contributed by atoms with Crippen molar-refractivity contribution < 1.29 is 9.47 Å². The molecular weight excluding hydrogens is 571 g/mol. The molecule has 2 fully saturated rings. The summed E-state index contributed by atoms with van der Waals surface area (Å²) in [6.45, 7) is 9.15. The van der Waals surface area contributed by atoms with Crippen LogP contribution in [0.3, 0.4) is 0 Å². The van der Waals surface area contributed by atoms with Crippen molar-refractivity contribution in [3.05, 3.63) is 81.6 Å². The molecule has 0 radical (unpaired) electrons. The van der Waals surface area contributed by atoms with E-state index in [1.165, 1.54) is 0 Å². The van der Waals surface area contributed by atoms with E-state index >= 15 is 0 Å². The van der Waals surface area contributed by atoms with Crippen molar-refractivity contribution >= 4 is 23.2 Å². The Morgan fingerprint density at radius 2 is 1.05 bits per heavy atom. The van der Waals surface area contributed by atoms with Gasteiger partial charge >= 0.3 is 0 Å². The number of hydrogen-bond acceptors (Lipinski definition) is 8. The molecule has 4 heterocycles. The first-order valence-electron chi connectivity index (χ1n) is 14.1. The van der Waals surface area contributed by atoms with Gasteiger partial charge in [-0.2, -0.15) is 0 Å². The van der Waals surface area contributed by atoms with Crippen molar-refractivity contribution in [1.82, 2.24) is 29.7 Å². The van der Waals surface area contributed by atoms with Gasteiger partial charge in [0.25, 0.3) is 0 Å². The van der Waals surface area contributed by atoms with Crippen LogP contribution in [-0.4, -0.2) is 82.3 Å². The summed E-state index contributed by atoms with van der Waals surface area (Å²) in [7, 11) is 3.50. The van der Waals surface area contributed by atoms with Crippen LogP contribution < -0.4 is 0 Å². The molecule has 2 aliphatic heterocycles. The van der Waals surface area contributed by atoms with E-state index in [9.17, 15) is 0 Å². The number of halogens is 2. The molecule has 6 rings (SSSR count). The summed E-state index contributed by atoms with van der Waals surface area (Å²) in [5.74, 6) is 0. The van der Waals surface area contributed by atoms with Crippen molar-refractivity contribution in [2.45, 2.75) is 39.1 Å². The van der Waals surface area contributed by atoms with Crippen molar-refractivity contribution in [1.29, 1.82) is 0 Å². The van der Waals surface area contributed by atoms with Gasteiger partial charge in [0.1, 0.15) is 0 Å². The van der Waals surface area contributed by atoms with E-state index in [0.717, 1.165) is 95.7 Å². The van der Waals surface area contributed by atoms with Gasteiger partial charge in [-0.1, -0.05) is 59.6 Å². The minimum absolute atomic E-state index is 0.305. The molecule has 0 unspecified atom stereocenters. The number of methoxy groups -OCH3 is 2. The highest BCUT2D eigenvalue weighted by atomic mass is 35.5. The maximum atomic E-state index is 7.03.